The maximum atomic E-state index is 13.3. The van der Waals surface area contributed by atoms with Gasteiger partial charge in [0.05, 0.1) is 43.7 Å². The summed E-state index contributed by atoms with van der Waals surface area (Å²) in [5.41, 5.74) is -1.05. The predicted octanol–water partition coefficient (Wildman–Crippen LogP) is 3.32. The van der Waals surface area contributed by atoms with E-state index < -0.39 is 29.6 Å². The summed E-state index contributed by atoms with van der Waals surface area (Å²) in [5.74, 6) is -1.61. The van der Waals surface area contributed by atoms with Crippen LogP contribution in [0.5, 0.6) is 5.75 Å². The van der Waals surface area contributed by atoms with Crippen molar-refractivity contribution in [3.63, 3.8) is 0 Å². The zero-order chi connectivity index (χ0) is 27.3. The molecule has 1 aromatic carbocycles. The first-order valence-corrected chi connectivity index (χ1v) is 11.1. The number of hydrogen-bond donors (Lipinski definition) is 3. The number of carbonyl (C=O) groups excluding carboxylic acids is 2. The molecule has 3 aromatic heterocycles. The number of carbonyl (C=O) groups is 2. The van der Waals surface area contributed by atoms with Crippen LogP contribution in [0.2, 0.25) is 0 Å². The Labute approximate surface area is 211 Å². The Morgan fingerprint density at radius 1 is 1.16 bits per heavy atom. The van der Waals surface area contributed by atoms with Gasteiger partial charge in [-0.15, -0.1) is 0 Å². The largest absolute Gasteiger partial charge is 0.507 e. The average molecular weight is 535 g/mol. The van der Waals surface area contributed by atoms with Crippen LogP contribution in [0.3, 0.4) is 0 Å². The summed E-state index contributed by atoms with van der Waals surface area (Å²) in [4.78, 5) is 31.7. The van der Waals surface area contributed by atoms with E-state index in [0.717, 1.165) is 6.26 Å². The van der Waals surface area contributed by atoms with E-state index in [0.29, 0.717) is 5.69 Å². The number of fused-ring (bicyclic) bond motifs is 1. The van der Waals surface area contributed by atoms with Crippen LogP contribution >= 0.6 is 0 Å². The number of rotatable bonds is 10. The van der Waals surface area contributed by atoms with Crippen molar-refractivity contribution >= 4 is 29.1 Å². The second kappa shape index (κ2) is 11.2. The molecule has 0 aliphatic rings. The Balaban J connectivity index is 1.44. The molecule has 0 saturated carbocycles. The zero-order valence-corrected chi connectivity index (χ0v) is 19.4. The summed E-state index contributed by atoms with van der Waals surface area (Å²) in [6, 6.07) is 4.01. The van der Waals surface area contributed by atoms with Crippen LogP contribution in [0.1, 0.15) is 28.9 Å². The van der Waals surface area contributed by atoms with Crippen molar-refractivity contribution in [2.45, 2.75) is 19.0 Å². The van der Waals surface area contributed by atoms with E-state index in [4.69, 9.17) is 14.6 Å². The number of anilines is 2. The third-order valence-electron chi connectivity index (χ3n) is 5.12. The number of halogens is 3. The minimum absolute atomic E-state index is 0.00358. The van der Waals surface area contributed by atoms with Gasteiger partial charge in [-0.05, 0) is 12.1 Å². The normalized spacial score (nSPS) is 11.5. The first kappa shape index (κ1) is 26.4. The van der Waals surface area contributed by atoms with Gasteiger partial charge in [0.25, 0.3) is 0 Å². The van der Waals surface area contributed by atoms with Crippen LogP contribution in [-0.4, -0.2) is 61.5 Å². The fourth-order valence-electron chi connectivity index (χ4n) is 3.40. The zero-order valence-electron chi connectivity index (χ0n) is 19.4. The van der Waals surface area contributed by atoms with E-state index in [1.807, 2.05) is 0 Å². The molecule has 0 radical (unpaired) electrons. The third kappa shape index (κ3) is 5.83. The van der Waals surface area contributed by atoms with Crippen molar-refractivity contribution in [2.24, 2.45) is 0 Å². The molecule has 200 valence electrons. The van der Waals surface area contributed by atoms with E-state index in [1.165, 1.54) is 41.2 Å². The molecule has 3 N–H and O–H groups in total. The average Bonchev–Trinajstić information content (AvgIpc) is 3.51. The van der Waals surface area contributed by atoms with Crippen molar-refractivity contribution in [2.75, 3.05) is 25.1 Å². The molecule has 0 bridgehead atoms. The molecule has 0 aliphatic heterocycles. The molecular weight excluding hydrogens is 515 g/mol. The van der Waals surface area contributed by atoms with E-state index in [-0.39, 0.29) is 60.9 Å². The highest BCUT2D eigenvalue weighted by molar-refractivity contribution is 5.93. The lowest BCUT2D eigenvalue weighted by Gasteiger charge is -2.10. The van der Waals surface area contributed by atoms with Gasteiger partial charge in [-0.1, -0.05) is 5.16 Å². The lowest BCUT2D eigenvalue weighted by atomic mass is 10.2. The molecule has 0 unspecified atom stereocenters. The number of ether oxygens (including phenoxy) is 2. The topological polar surface area (TPSA) is 161 Å². The van der Waals surface area contributed by atoms with Gasteiger partial charge in [-0.2, -0.15) is 13.2 Å². The summed E-state index contributed by atoms with van der Waals surface area (Å²) in [7, 11) is 0. The number of phenolic OH excluding ortho intramolecular Hbond substituents is 1. The van der Waals surface area contributed by atoms with E-state index in [1.54, 1.807) is 0 Å². The molecule has 0 atom stereocenters. The van der Waals surface area contributed by atoms with Crippen LogP contribution in [-0.2, 0) is 20.4 Å². The van der Waals surface area contributed by atoms with Gasteiger partial charge in [-0.3, -0.25) is 9.20 Å². The highest BCUT2D eigenvalue weighted by Gasteiger charge is 2.38. The van der Waals surface area contributed by atoms with Crippen molar-refractivity contribution < 1.29 is 47.0 Å². The summed E-state index contributed by atoms with van der Waals surface area (Å²) >= 11 is 0. The molecular formula is C23H20F3N5O7. The molecule has 15 heteroatoms. The van der Waals surface area contributed by atoms with Crippen LogP contribution in [0.25, 0.3) is 16.9 Å². The SMILES string of the molecule is O=C(CCO)OCCCOC(=O)c1ccc(Nc2nccn3c(-c4conc4C(F)(F)F)cnc23)cc1O. The van der Waals surface area contributed by atoms with Gasteiger partial charge < -0.3 is 29.5 Å². The molecule has 0 fully saturated rings. The molecule has 0 aliphatic carbocycles. The van der Waals surface area contributed by atoms with Gasteiger partial charge in [-0.25, -0.2) is 14.8 Å². The number of aromatic hydroxyl groups is 1. The number of esters is 2. The van der Waals surface area contributed by atoms with Gasteiger partial charge in [0, 0.05) is 30.6 Å². The fourth-order valence-corrected chi connectivity index (χ4v) is 3.40. The number of nitrogens with zero attached hydrogens (tertiary/aromatic N) is 4. The second-order valence-corrected chi connectivity index (χ2v) is 7.73. The van der Waals surface area contributed by atoms with Crippen molar-refractivity contribution in [1.82, 2.24) is 19.5 Å². The Morgan fingerprint density at radius 2 is 1.95 bits per heavy atom. The third-order valence-corrected chi connectivity index (χ3v) is 5.12. The van der Waals surface area contributed by atoms with Crippen molar-refractivity contribution in [1.29, 1.82) is 0 Å². The number of benzene rings is 1. The monoisotopic (exact) mass is 535 g/mol. The van der Waals surface area contributed by atoms with Crippen molar-refractivity contribution in [3.05, 3.63) is 54.3 Å². The van der Waals surface area contributed by atoms with Gasteiger partial charge >= 0.3 is 18.1 Å². The molecule has 4 rings (SSSR count). The van der Waals surface area contributed by atoms with Crippen LogP contribution in [0.15, 0.2) is 47.6 Å². The Kier molecular flexibility index (Phi) is 7.76. The molecule has 4 aromatic rings. The van der Waals surface area contributed by atoms with Gasteiger partial charge in [0.15, 0.2) is 17.2 Å². The molecule has 3 heterocycles. The number of phenols is 1. The molecule has 0 amide bonds. The fraction of sp³-hybridized carbons (Fsp3) is 0.261. The number of aliphatic hydroxyl groups is 1. The Morgan fingerprint density at radius 3 is 2.68 bits per heavy atom. The first-order chi connectivity index (χ1) is 18.2. The molecule has 12 nitrogen and oxygen atoms in total. The Bertz CT molecular complexity index is 1450. The second-order valence-electron chi connectivity index (χ2n) is 7.73. The highest BCUT2D eigenvalue weighted by Crippen LogP contribution is 2.37. The summed E-state index contributed by atoms with van der Waals surface area (Å²) in [6.07, 6.45) is 0.223. The first-order valence-electron chi connectivity index (χ1n) is 11.1. The lowest BCUT2D eigenvalue weighted by molar-refractivity contribution is -0.144. The number of aromatic nitrogens is 4. The number of alkyl halides is 3. The summed E-state index contributed by atoms with van der Waals surface area (Å²) < 4.78 is 55.6. The number of nitrogens with one attached hydrogen (secondary N) is 1. The lowest BCUT2D eigenvalue weighted by Crippen LogP contribution is -2.11. The van der Waals surface area contributed by atoms with Gasteiger partial charge in [0.2, 0.25) is 0 Å². The van der Waals surface area contributed by atoms with Gasteiger partial charge in [0.1, 0.15) is 17.6 Å². The number of hydrogen-bond acceptors (Lipinski definition) is 11. The maximum absolute atomic E-state index is 13.3. The van der Waals surface area contributed by atoms with E-state index >= 15 is 0 Å². The maximum Gasteiger partial charge on any atom is 0.437 e. The highest BCUT2D eigenvalue weighted by atomic mass is 19.4. The van der Waals surface area contributed by atoms with Crippen LogP contribution < -0.4 is 5.32 Å². The van der Waals surface area contributed by atoms with E-state index in [9.17, 15) is 27.9 Å². The smallest absolute Gasteiger partial charge is 0.437 e. The molecule has 0 spiro atoms. The number of imidazole rings is 1. The minimum Gasteiger partial charge on any atom is -0.507 e. The summed E-state index contributed by atoms with van der Waals surface area (Å²) in [6.45, 7) is -0.386. The molecule has 38 heavy (non-hydrogen) atoms. The quantitative estimate of drug-likeness (QED) is 0.202. The van der Waals surface area contributed by atoms with Crippen LogP contribution in [0, 0.1) is 0 Å². The summed E-state index contributed by atoms with van der Waals surface area (Å²) in [5, 5.41) is 24.9. The Hall–Kier alpha value is -4.66. The van der Waals surface area contributed by atoms with Crippen molar-refractivity contribution in [3.8, 4) is 17.0 Å². The minimum atomic E-state index is -4.73. The number of aliphatic hydroxyl groups excluding tert-OH is 1. The predicted molar refractivity (Wildman–Crippen MR) is 122 cm³/mol. The standard InChI is InChI=1S/C23H20F3N5O7/c24-23(25,26)19-15(12-38-30-19)16-11-28-21-20(27-5-6-31(16)21)29-13-2-3-14(17(33)10-13)22(35)37-9-1-8-36-18(34)4-7-32/h2-3,5-6,10-12,32-33H,1,4,7-9H2,(H,27,29). The van der Waals surface area contributed by atoms with Crippen LogP contribution in [0.4, 0.5) is 24.7 Å². The van der Waals surface area contributed by atoms with E-state index in [2.05, 4.69) is 25.0 Å². The molecule has 0 saturated heterocycles.